The third-order valence-corrected chi connectivity index (χ3v) is 4.53. The number of rotatable bonds is 4. The largest absolute Gasteiger partial charge is 0.496 e. The lowest BCUT2D eigenvalue weighted by molar-refractivity contribution is -0.161. The molecular weight excluding hydrogens is 386 g/mol. The van der Waals surface area contributed by atoms with Crippen molar-refractivity contribution in [3.05, 3.63) is 42.0 Å². The number of nitrogens with one attached hydrogen (secondary N) is 1. The number of hydrogen-bond acceptors (Lipinski definition) is 6. The van der Waals surface area contributed by atoms with E-state index in [2.05, 4.69) is 5.32 Å². The molecule has 1 amide bonds. The van der Waals surface area contributed by atoms with E-state index in [-0.39, 0.29) is 18.9 Å². The third kappa shape index (κ3) is 7.54. The fourth-order valence-corrected chi connectivity index (χ4v) is 3.15. The van der Waals surface area contributed by atoms with Crippen molar-refractivity contribution in [1.29, 1.82) is 0 Å². The van der Waals surface area contributed by atoms with E-state index in [1.54, 1.807) is 33.9 Å². The standard InChI is InChI=1S/C23H31NO6/c1-23(2,3)30-21(26)14-16-10-6-5-7-13-20(25)24-18(15-29-22(16)27)17-11-8-9-12-19(17)28-4/h5-6,8-9,11-12,16,18H,7,10,13-15H2,1-4H3,(H,24,25)/t16-,18-/m0/s1. The smallest absolute Gasteiger partial charge is 0.309 e. The molecule has 0 aliphatic carbocycles. The second-order valence-electron chi connectivity index (χ2n) is 8.23. The molecule has 0 radical (unpaired) electrons. The van der Waals surface area contributed by atoms with Crippen molar-refractivity contribution in [1.82, 2.24) is 5.32 Å². The molecule has 164 valence electrons. The van der Waals surface area contributed by atoms with Crippen LogP contribution in [0.1, 0.15) is 58.1 Å². The van der Waals surface area contributed by atoms with Gasteiger partial charge in [-0.2, -0.15) is 0 Å². The number of allylic oxidation sites excluding steroid dienone is 2. The maximum Gasteiger partial charge on any atom is 0.309 e. The first-order valence-corrected chi connectivity index (χ1v) is 10.2. The number of cyclic esters (lactones) is 1. The average Bonchev–Trinajstić information content (AvgIpc) is 2.67. The van der Waals surface area contributed by atoms with Gasteiger partial charge < -0.3 is 19.5 Å². The summed E-state index contributed by atoms with van der Waals surface area (Å²) in [5.41, 5.74) is 0.0963. The van der Waals surface area contributed by atoms with Crippen LogP contribution in [0.3, 0.4) is 0 Å². The number of ether oxygens (including phenoxy) is 3. The Morgan fingerprint density at radius 2 is 1.93 bits per heavy atom. The van der Waals surface area contributed by atoms with E-state index < -0.39 is 29.5 Å². The molecule has 1 aromatic carbocycles. The molecule has 0 unspecified atom stereocenters. The van der Waals surface area contributed by atoms with Gasteiger partial charge in [-0.1, -0.05) is 30.4 Å². The Labute approximate surface area is 177 Å². The summed E-state index contributed by atoms with van der Waals surface area (Å²) >= 11 is 0. The molecule has 1 N–H and O–H groups in total. The average molecular weight is 418 g/mol. The number of carbonyl (C=O) groups is 3. The topological polar surface area (TPSA) is 90.9 Å². The summed E-state index contributed by atoms with van der Waals surface area (Å²) in [6.45, 7) is 5.29. The molecule has 30 heavy (non-hydrogen) atoms. The lowest BCUT2D eigenvalue weighted by Crippen LogP contribution is -2.34. The second kappa shape index (κ2) is 10.8. The van der Waals surface area contributed by atoms with Crippen LogP contribution in [0.4, 0.5) is 0 Å². The molecule has 0 aromatic heterocycles. The van der Waals surface area contributed by atoms with Gasteiger partial charge in [-0.15, -0.1) is 0 Å². The molecule has 2 atom stereocenters. The number of para-hydroxylation sites is 1. The van der Waals surface area contributed by atoms with Gasteiger partial charge in [0.05, 0.1) is 25.5 Å². The quantitative estimate of drug-likeness (QED) is 0.596. The summed E-state index contributed by atoms with van der Waals surface area (Å²) in [6.07, 6.45) is 4.79. The van der Waals surface area contributed by atoms with E-state index in [9.17, 15) is 14.4 Å². The van der Waals surface area contributed by atoms with Gasteiger partial charge in [0.15, 0.2) is 0 Å². The van der Waals surface area contributed by atoms with Crippen molar-refractivity contribution in [3.8, 4) is 5.75 Å². The molecule has 7 heteroatoms. The van der Waals surface area contributed by atoms with E-state index >= 15 is 0 Å². The molecule has 0 saturated heterocycles. The second-order valence-corrected chi connectivity index (χ2v) is 8.23. The zero-order valence-corrected chi connectivity index (χ0v) is 18.1. The highest BCUT2D eigenvalue weighted by atomic mass is 16.6. The molecule has 1 aliphatic heterocycles. The number of hydrogen-bond donors (Lipinski definition) is 1. The monoisotopic (exact) mass is 417 g/mol. The lowest BCUT2D eigenvalue weighted by atomic mass is 10.00. The van der Waals surface area contributed by atoms with Gasteiger partial charge in [0.25, 0.3) is 0 Å². The van der Waals surface area contributed by atoms with E-state index in [1.165, 1.54) is 0 Å². The molecule has 0 saturated carbocycles. The molecule has 1 heterocycles. The van der Waals surface area contributed by atoms with Crippen LogP contribution < -0.4 is 10.1 Å². The van der Waals surface area contributed by atoms with Gasteiger partial charge in [-0.05, 0) is 39.7 Å². The summed E-state index contributed by atoms with van der Waals surface area (Å²) in [4.78, 5) is 37.3. The summed E-state index contributed by atoms with van der Waals surface area (Å²) in [5.74, 6) is -1.14. The molecular formula is C23H31NO6. The minimum absolute atomic E-state index is 0.0561. The number of carbonyl (C=O) groups excluding carboxylic acids is 3. The van der Waals surface area contributed by atoms with E-state index in [1.807, 2.05) is 30.4 Å². The molecule has 0 fully saturated rings. The van der Waals surface area contributed by atoms with Crippen LogP contribution in [-0.2, 0) is 23.9 Å². The normalized spacial score (nSPS) is 20.9. The van der Waals surface area contributed by atoms with Gasteiger partial charge in [0.2, 0.25) is 5.91 Å². The fraction of sp³-hybridized carbons (Fsp3) is 0.522. The van der Waals surface area contributed by atoms with Crippen molar-refractivity contribution < 1.29 is 28.6 Å². The minimum atomic E-state index is -0.649. The molecule has 1 aromatic rings. The molecule has 1 aliphatic rings. The van der Waals surface area contributed by atoms with Crippen LogP contribution >= 0.6 is 0 Å². The SMILES string of the molecule is COc1ccccc1[C@@H]1COC(=O)[C@H](CC(=O)OC(C)(C)C)CC=CCCC(=O)N1. The Kier molecular flexibility index (Phi) is 8.45. The van der Waals surface area contributed by atoms with Crippen LogP contribution in [0.5, 0.6) is 5.75 Å². The maximum absolute atomic E-state index is 12.7. The number of amides is 1. The first-order valence-electron chi connectivity index (χ1n) is 10.2. The first kappa shape index (κ1) is 23.4. The van der Waals surface area contributed by atoms with Gasteiger partial charge in [0, 0.05) is 12.0 Å². The van der Waals surface area contributed by atoms with Crippen molar-refractivity contribution in [2.75, 3.05) is 13.7 Å². The molecule has 2 rings (SSSR count). The molecule has 0 bridgehead atoms. The van der Waals surface area contributed by atoms with Crippen LogP contribution in [0.15, 0.2) is 36.4 Å². The Morgan fingerprint density at radius 3 is 2.63 bits per heavy atom. The zero-order valence-electron chi connectivity index (χ0n) is 18.1. The zero-order chi connectivity index (χ0) is 22.1. The van der Waals surface area contributed by atoms with Crippen LogP contribution in [0.2, 0.25) is 0 Å². The maximum atomic E-state index is 12.7. The summed E-state index contributed by atoms with van der Waals surface area (Å²) in [5, 5.41) is 2.91. The van der Waals surface area contributed by atoms with Crippen molar-refractivity contribution in [3.63, 3.8) is 0 Å². The highest BCUT2D eigenvalue weighted by Crippen LogP contribution is 2.26. The Morgan fingerprint density at radius 1 is 1.20 bits per heavy atom. The summed E-state index contributed by atoms with van der Waals surface area (Å²) in [6, 6.07) is 6.71. The summed E-state index contributed by atoms with van der Waals surface area (Å²) < 4.78 is 16.3. The lowest BCUT2D eigenvalue weighted by Gasteiger charge is -2.24. The number of benzene rings is 1. The van der Waals surface area contributed by atoms with Crippen LogP contribution in [0.25, 0.3) is 0 Å². The van der Waals surface area contributed by atoms with E-state index in [0.717, 1.165) is 5.56 Å². The van der Waals surface area contributed by atoms with Crippen LogP contribution in [0, 0.1) is 5.92 Å². The van der Waals surface area contributed by atoms with Gasteiger partial charge >= 0.3 is 11.9 Å². The van der Waals surface area contributed by atoms with E-state index in [4.69, 9.17) is 14.2 Å². The predicted molar refractivity (Wildman–Crippen MR) is 112 cm³/mol. The third-order valence-electron chi connectivity index (χ3n) is 4.53. The molecule has 0 spiro atoms. The van der Waals surface area contributed by atoms with Crippen molar-refractivity contribution >= 4 is 17.8 Å². The van der Waals surface area contributed by atoms with Crippen LogP contribution in [-0.4, -0.2) is 37.2 Å². The van der Waals surface area contributed by atoms with Gasteiger partial charge in [0.1, 0.15) is 18.0 Å². The Balaban J connectivity index is 2.19. The highest BCUT2D eigenvalue weighted by molar-refractivity contribution is 5.80. The van der Waals surface area contributed by atoms with E-state index in [0.29, 0.717) is 25.0 Å². The van der Waals surface area contributed by atoms with Gasteiger partial charge in [-0.25, -0.2) is 0 Å². The predicted octanol–water partition coefficient (Wildman–Crippen LogP) is 3.48. The first-order chi connectivity index (χ1) is 14.2. The molecule has 7 nitrogen and oxygen atoms in total. The number of methoxy groups -OCH3 is 1. The van der Waals surface area contributed by atoms with Crippen molar-refractivity contribution in [2.45, 2.75) is 58.1 Å². The Bertz CT molecular complexity index is 780. The van der Waals surface area contributed by atoms with Gasteiger partial charge in [-0.3, -0.25) is 14.4 Å². The minimum Gasteiger partial charge on any atom is -0.496 e. The fourth-order valence-electron chi connectivity index (χ4n) is 3.15. The van der Waals surface area contributed by atoms with Crippen molar-refractivity contribution in [2.24, 2.45) is 5.92 Å². The summed E-state index contributed by atoms with van der Waals surface area (Å²) in [7, 11) is 1.55. The highest BCUT2D eigenvalue weighted by Gasteiger charge is 2.28. The number of esters is 2. The Hall–Kier alpha value is -2.83.